The van der Waals surface area contributed by atoms with E-state index in [2.05, 4.69) is 42.0 Å². The van der Waals surface area contributed by atoms with Crippen LogP contribution in [0.1, 0.15) is 86.1 Å². The summed E-state index contributed by atoms with van der Waals surface area (Å²) >= 11 is 1.50. The van der Waals surface area contributed by atoms with E-state index in [4.69, 9.17) is 25.0 Å². The number of rotatable bonds is 8. The molecule has 11 nitrogen and oxygen atoms in total. The summed E-state index contributed by atoms with van der Waals surface area (Å²) in [5, 5.41) is 15.0. The minimum Gasteiger partial charge on any atom is -0.471 e. The van der Waals surface area contributed by atoms with Crippen LogP contribution < -0.4 is 16.2 Å². The molecule has 1 aliphatic carbocycles. The van der Waals surface area contributed by atoms with Gasteiger partial charge in [0.05, 0.1) is 11.3 Å². The highest BCUT2D eigenvalue weighted by molar-refractivity contribution is 7.16. The third kappa shape index (κ3) is 4.61. The minimum absolute atomic E-state index is 0.0839. The van der Waals surface area contributed by atoms with Crippen LogP contribution in [-0.2, 0) is 19.4 Å². The summed E-state index contributed by atoms with van der Waals surface area (Å²) in [5.74, 6) is 1.07. The second kappa shape index (κ2) is 10.9. The zero-order valence-electron chi connectivity index (χ0n) is 24.0. The number of nitriles is 1. The number of aromatic nitrogens is 5. The summed E-state index contributed by atoms with van der Waals surface area (Å²) in [6.07, 6.45) is 6.33. The van der Waals surface area contributed by atoms with Crippen LogP contribution in [0.2, 0.25) is 0 Å². The van der Waals surface area contributed by atoms with Gasteiger partial charge in [-0.3, -0.25) is 14.5 Å². The number of nitrogen functional groups attached to an aromatic ring is 1. The monoisotopic (exact) mass is 576 g/mol. The van der Waals surface area contributed by atoms with E-state index in [1.165, 1.54) is 11.3 Å². The fourth-order valence-electron chi connectivity index (χ4n) is 6.63. The van der Waals surface area contributed by atoms with Crippen LogP contribution in [0.15, 0.2) is 9.32 Å². The Morgan fingerprint density at radius 2 is 2.12 bits per heavy atom. The van der Waals surface area contributed by atoms with E-state index in [9.17, 15) is 10.1 Å². The first-order chi connectivity index (χ1) is 19.9. The Morgan fingerprint density at radius 3 is 2.83 bits per heavy atom. The summed E-state index contributed by atoms with van der Waals surface area (Å²) in [5.41, 5.74) is 10.2. The Labute approximate surface area is 242 Å². The van der Waals surface area contributed by atoms with E-state index in [0.717, 1.165) is 66.8 Å². The number of imidazole rings is 1. The second-order valence-electron chi connectivity index (χ2n) is 11.1. The molecular formula is C29H36N8O3S. The number of hydrogen-bond acceptors (Lipinski definition) is 10. The number of nitrogens with zero attached hydrogens (tertiary/aromatic N) is 6. The number of ether oxygens (including phenoxy) is 1. The van der Waals surface area contributed by atoms with Gasteiger partial charge in [-0.1, -0.05) is 18.5 Å². The highest BCUT2D eigenvalue weighted by Crippen LogP contribution is 2.46. The van der Waals surface area contributed by atoms with Gasteiger partial charge in [-0.25, -0.2) is 9.78 Å². The van der Waals surface area contributed by atoms with Gasteiger partial charge < -0.3 is 15.0 Å². The number of likely N-dealkylation sites (tertiary alicyclic amines) is 1. The molecule has 4 aromatic rings. The number of hydrogen-bond donors (Lipinski definition) is 2. The number of H-pyrrole nitrogens is 1. The lowest BCUT2D eigenvalue weighted by atomic mass is 9.81. The first-order valence-electron chi connectivity index (χ1n) is 14.5. The van der Waals surface area contributed by atoms with Crippen LogP contribution in [0, 0.1) is 11.3 Å². The highest BCUT2D eigenvalue weighted by atomic mass is 32.1. The maximum absolute atomic E-state index is 12.8. The van der Waals surface area contributed by atoms with Crippen molar-refractivity contribution in [3.63, 3.8) is 0 Å². The largest absolute Gasteiger partial charge is 0.471 e. The maximum atomic E-state index is 12.8. The number of likely N-dealkylation sites (N-methyl/N-ethyl adjacent to an activating group) is 1. The molecule has 1 unspecified atom stereocenters. The molecule has 6 rings (SSSR count). The SMILES string of the molecule is CCCc1c([C@H]2CCCc3sc(N)c(C#N)c32)noc1-c1nc(OC(C)[C@@H]2CCCN2C)c2c(n1)[nH]c(=O)n2CC. The summed E-state index contributed by atoms with van der Waals surface area (Å²) in [6, 6.07) is 2.58. The van der Waals surface area contributed by atoms with Crippen molar-refractivity contribution in [3.8, 4) is 23.5 Å². The summed E-state index contributed by atoms with van der Waals surface area (Å²) in [4.78, 5) is 28.8. The van der Waals surface area contributed by atoms with Crippen molar-refractivity contribution in [2.75, 3.05) is 19.3 Å². The lowest BCUT2D eigenvalue weighted by molar-refractivity contribution is 0.118. The number of nitrogens with one attached hydrogen (secondary N) is 1. The normalized spacial score (nSPS) is 19.9. The van der Waals surface area contributed by atoms with Gasteiger partial charge in [0, 0.05) is 28.9 Å². The third-order valence-electron chi connectivity index (χ3n) is 8.58. The van der Waals surface area contributed by atoms with Crippen molar-refractivity contribution in [3.05, 3.63) is 37.7 Å². The Morgan fingerprint density at radius 1 is 1.29 bits per heavy atom. The third-order valence-corrected chi connectivity index (χ3v) is 9.68. The predicted octanol–water partition coefficient (Wildman–Crippen LogP) is 4.59. The van der Waals surface area contributed by atoms with Crippen LogP contribution in [0.25, 0.3) is 22.7 Å². The Bertz CT molecular complexity index is 1690. The van der Waals surface area contributed by atoms with Gasteiger partial charge in [0.15, 0.2) is 11.2 Å². The van der Waals surface area contributed by atoms with E-state index < -0.39 is 0 Å². The van der Waals surface area contributed by atoms with Crippen molar-refractivity contribution in [2.45, 2.75) is 90.3 Å². The van der Waals surface area contributed by atoms with Crippen molar-refractivity contribution < 1.29 is 9.26 Å². The minimum atomic E-state index is -0.259. The van der Waals surface area contributed by atoms with E-state index in [1.807, 2.05) is 6.92 Å². The molecule has 0 spiro atoms. The Hall–Kier alpha value is -3.69. The van der Waals surface area contributed by atoms with Crippen LogP contribution in [0.4, 0.5) is 5.00 Å². The topological polar surface area (TPSA) is 152 Å². The average Bonchev–Trinajstić information content (AvgIpc) is 3.71. The van der Waals surface area contributed by atoms with Gasteiger partial charge in [-0.05, 0) is 71.5 Å². The van der Waals surface area contributed by atoms with E-state index in [-0.39, 0.29) is 23.8 Å². The lowest BCUT2D eigenvalue weighted by Gasteiger charge is -2.26. The van der Waals surface area contributed by atoms with Crippen LogP contribution in [0.5, 0.6) is 5.88 Å². The zero-order chi connectivity index (χ0) is 28.8. The van der Waals surface area contributed by atoms with Crippen molar-refractivity contribution in [2.24, 2.45) is 0 Å². The van der Waals surface area contributed by atoms with Gasteiger partial charge in [-0.15, -0.1) is 11.3 Å². The number of aromatic amines is 1. The molecule has 0 aromatic carbocycles. The quantitative estimate of drug-likeness (QED) is 0.307. The summed E-state index contributed by atoms with van der Waals surface area (Å²) in [6.45, 7) is 7.55. The standard InChI is InChI=1S/C29H36N8O3S/c1-5-9-17-22(16-10-7-12-20-21(16)18(14-30)25(31)41-20)35-40-24(17)27-32-26-23(37(6-2)29(38)34-26)28(33-27)39-15(3)19-11-8-13-36(19)4/h15-16,19H,5-13,31H2,1-4H3,(H,32,33,34,38)/t15?,16-,19-/m0/s1. The lowest BCUT2D eigenvalue weighted by Crippen LogP contribution is -2.38. The molecular weight excluding hydrogens is 540 g/mol. The van der Waals surface area contributed by atoms with E-state index in [0.29, 0.717) is 52.2 Å². The first kappa shape index (κ1) is 27.5. The molecule has 0 radical (unpaired) electrons. The molecule has 2 aliphatic rings. The molecule has 0 saturated carbocycles. The molecule has 0 amide bonds. The molecule has 1 aliphatic heterocycles. The Kier molecular flexibility index (Phi) is 7.34. The maximum Gasteiger partial charge on any atom is 0.327 e. The Balaban J connectivity index is 1.48. The van der Waals surface area contributed by atoms with Gasteiger partial charge in [-0.2, -0.15) is 10.2 Å². The molecule has 41 heavy (non-hydrogen) atoms. The zero-order valence-corrected chi connectivity index (χ0v) is 24.8. The number of nitrogens with two attached hydrogens (primary N) is 1. The number of thiophene rings is 1. The van der Waals surface area contributed by atoms with E-state index in [1.54, 1.807) is 4.57 Å². The van der Waals surface area contributed by atoms with Crippen molar-refractivity contribution in [1.29, 1.82) is 5.26 Å². The van der Waals surface area contributed by atoms with Gasteiger partial charge in [0.25, 0.3) is 0 Å². The first-order valence-corrected chi connectivity index (χ1v) is 15.3. The van der Waals surface area contributed by atoms with E-state index >= 15 is 0 Å². The fraction of sp³-hybridized carbons (Fsp3) is 0.552. The molecule has 3 atom stereocenters. The number of fused-ring (bicyclic) bond motifs is 2. The molecule has 5 heterocycles. The molecule has 1 saturated heterocycles. The molecule has 216 valence electrons. The molecule has 1 fully saturated rings. The average molecular weight is 577 g/mol. The summed E-state index contributed by atoms with van der Waals surface area (Å²) in [7, 11) is 2.11. The van der Waals surface area contributed by atoms with Gasteiger partial charge in [0.2, 0.25) is 17.5 Å². The van der Waals surface area contributed by atoms with Gasteiger partial charge in [0.1, 0.15) is 17.2 Å². The highest BCUT2D eigenvalue weighted by Gasteiger charge is 2.35. The number of anilines is 1. The molecule has 4 aromatic heterocycles. The molecule has 0 bridgehead atoms. The van der Waals surface area contributed by atoms with Crippen LogP contribution >= 0.6 is 11.3 Å². The van der Waals surface area contributed by atoms with Crippen molar-refractivity contribution >= 4 is 27.5 Å². The smallest absolute Gasteiger partial charge is 0.327 e. The van der Waals surface area contributed by atoms with Gasteiger partial charge >= 0.3 is 5.69 Å². The van der Waals surface area contributed by atoms with Crippen LogP contribution in [-0.4, -0.2) is 55.3 Å². The van der Waals surface area contributed by atoms with Crippen molar-refractivity contribution in [1.82, 2.24) is 29.6 Å². The molecule has 12 heteroatoms. The number of aryl methyl sites for hydroxylation is 2. The molecule has 3 N–H and O–H groups in total. The predicted molar refractivity (Wildman–Crippen MR) is 157 cm³/mol. The van der Waals surface area contributed by atoms with Crippen LogP contribution in [0.3, 0.4) is 0 Å². The second-order valence-corrected chi connectivity index (χ2v) is 12.2. The fourth-order valence-corrected chi connectivity index (χ4v) is 7.76. The summed E-state index contributed by atoms with van der Waals surface area (Å²) < 4.78 is 14.1.